The Kier molecular flexibility index (Phi) is 20.1. The molecule has 29 heavy (non-hydrogen) atoms. The Morgan fingerprint density at radius 1 is 0.724 bits per heavy atom. The quantitative estimate of drug-likeness (QED) is 0.147. The number of ether oxygens (including phenoxy) is 1. The van der Waals surface area contributed by atoms with Crippen molar-refractivity contribution in [2.75, 3.05) is 32.8 Å². The largest absolute Gasteiger partial charge is 0.389 e. The predicted molar refractivity (Wildman–Crippen MR) is 133 cm³/mol. The highest BCUT2D eigenvalue weighted by Gasteiger charge is 2.14. The molecule has 0 fully saturated rings. The van der Waals surface area contributed by atoms with E-state index in [1.165, 1.54) is 83.1 Å². The molecule has 0 aliphatic rings. The summed E-state index contributed by atoms with van der Waals surface area (Å²) in [6.07, 6.45) is 16.8. The van der Waals surface area contributed by atoms with Gasteiger partial charge in [0.1, 0.15) is 0 Å². The van der Waals surface area contributed by atoms with Gasteiger partial charge in [-0.05, 0) is 32.4 Å². The molecule has 1 unspecified atom stereocenters. The summed E-state index contributed by atoms with van der Waals surface area (Å²) in [5.74, 6) is 0. The minimum atomic E-state index is -0.966. The van der Waals surface area contributed by atoms with E-state index in [4.69, 9.17) is 4.74 Å². The van der Waals surface area contributed by atoms with Gasteiger partial charge in [-0.25, -0.2) is 0 Å². The van der Waals surface area contributed by atoms with Crippen molar-refractivity contribution in [1.82, 2.24) is 4.90 Å². The summed E-state index contributed by atoms with van der Waals surface area (Å²) >= 11 is 0. The molecule has 176 valence electrons. The van der Waals surface area contributed by atoms with Crippen LogP contribution in [0.3, 0.4) is 0 Å². The third kappa shape index (κ3) is 22.6. The molecule has 0 aliphatic heterocycles. The molecule has 0 rings (SSSR count). The minimum Gasteiger partial charge on any atom is -0.389 e. The zero-order chi connectivity index (χ0) is 21.8. The van der Waals surface area contributed by atoms with Gasteiger partial charge < -0.3 is 14.7 Å². The van der Waals surface area contributed by atoms with Gasteiger partial charge in [0, 0.05) is 21.2 Å². The number of aliphatic hydroxyl groups excluding tert-OH is 1. The Morgan fingerprint density at radius 2 is 1.21 bits per heavy atom. The minimum absolute atomic E-state index is 0.345. The van der Waals surface area contributed by atoms with Gasteiger partial charge in [0.05, 0.1) is 12.7 Å². The smallest absolute Gasteiger partial charge is 0.0900 e. The van der Waals surface area contributed by atoms with Gasteiger partial charge in [0.2, 0.25) is 0 Å². The number of rotatable bonds is 22. The Bertz CT molecular complexity index is 317. The number of hydrogen-bond acceptors (Lipinski definition) is 3. The zero-order valence-corrected chi connectivity index (χ0v) is 21.8. The molecule has 0 amide bonds. The fourth-order valence-electron chi connectivity index (χ4n) is 3.80. The van der Waals surface area contributed by atoms with Crippen molar-refractivity contribution in [3.8, 4) is 0 Å². The second-order valence-corrected chi connectivity index (χ2v) is 15.9. The van der Waals surface area contributed by atoms with Gasteiger partial charge in [-0.2, -0.15) is 0 Å². The van der Waals surface area contributed by atoms with Gasteiger partial charge in [-0.1, -0.05) is 104 Å². The summed E-state index contributed by atoms with van der Waals surface area (Å²) in [5, 5.41) is 10.5. The van der Waals surface area contributed by atoms with Crippen molar-refractivity contribution in [2.24, 2.45) is 0 Å². The van der Waals surface area contributed by atoms with Crippen LogP contribution in [0.4, 0.5) is 0 Å². The topological polar surface area (TPSA) is 32.7 Å². The van der Waals surface area contributed by atoms with E-state index in [0.717, 1.165) is 32.7 Å². The maximum absolute atomic E-state index is 10.5. The molecule has 4 heteroatoms. The average molecular weight is 430 g/mol. The van der Waals surface area contributed by atoms with Crippen molar-refractivity contribution in [3.05, 3.63) is 0 Å². The molecule has 0 aromatic heterocycles. The maximum atomic E-state index is 10.5. The molecule has 0 aliphatic carbocycles. The summed E-state index contributed by atoms with van der Waals surface area (Å²) < 4.78 is 5.78. The van der Waals surface area contributed by atoms with Crippen molar-refractivity contribution in [1.29, 1.82) is 0 Å². The first-order valence-corrected chi connectivity index (χ1v) is 16.6. The van der Waals surface area contributed by atoms with Crippen LogP contribution < -0.4 is 0 Å². The zero-order valence-electron chi connectivity index (χ0n) is 20.8. The first-order valence-electron chi connectivity index (χ1n) is 12.9. The van der Waals surface area contributed by atoms with E-state index in [1.807, 2.05) is 0 Å². The van der Waals surface area contributed by atoms with Crippen LogP contribution in [0.2, 0.25) is 25.7 Å². The van der Waals surface area contributed by atoms with Crippen LogP contribution in [0, 0.1) is 0 Å². The molecule has 0 radical (unpaired) electrons. The second kappa shape index (κ2) is 20.0. The van der Waals surface area contributed by atoms with Gasteiger partial charge >= 0.3 is 0 Å². The van der Waals surface area contributed by atoms with Crippen LogP contribution in [-0.2, 0) is 4.74 Å². The molecule has 1 N–H and O–H groups in total. The number of hydrogen-bond donors (Lipinski definition) is 1. The first-order chi connectivity index (χ1) is 13.9. The fraction of sp³-hybridized carbons (Fsp3) is 1.00. The van der Waals surface area contributed by atoms with Crippen LogP contribution in [0.15, 0.2) is 0 Å². The van der Waals surface area contributed by atoms with Crippen molar-refractivity contribution in [2.45, 2.75) is 129 Å². The molecule has 0 spiro atoms. The average Bonchev–Trinajstić information content (AvgIpc) is 2.65. The first kappa shape index (κ1) is 29.1. The fourth-order valence-corrected chi connectivity index (χ4v) is 5.01. The van der Waals surface area contributed by atoms with E-state index in [0.29, 0.717) is 6.61 Å². The Labute approximate surface area is 185 Å². The van der Waals surface area contributed by atoms with E-state index in [2.05, 4.69) is 38.4 Å². The van der Waals surface area contributed by atoms with E-state index in [9.17, 15) is 5.11 Å². The predicted octanol–water partition coefficient (Wildman–Crippen LogP) is 7.12. The van der Waals surface area contributed by atoms with E-state index in [-0.39, 0.29) is 6.10 Å². The lowest BCUT2D eigenvalue weighted by atomic mass is 10.1. The van der Waals surface area contributed by atoms with Gasteiger partial charge in [-0.3, -0.25) is 0 Å². The highest BCUT2D eigenvalue weighted by molar-refractivity contribution is 6.76. The van der Waals surface area contributed by atoms with E-state index >= 15 is 0 Å². The molecule has 0 aromatic carbocycles. The molecule has 3 nitrogen and oxygen atoms in total. The lowest BCUT2D eigenvalue weighted by Crippen LogP contribution is -2.36. The van der Waals surface area contributed by atoms with Gasteiger partial charge in [-0.15, -0.1) is 0 Å². The molecular formula is C25H55NO2Si. The summed E-state index contributed by atoms with van der Waals surface area (Å²) in [4.78, 5) is 2.50. The standard InChI is InChI=1S/C25H55NO2Si/c1-6-8-10-12-14-16-19-26(20-17-15-13-11-9-7-2)23-25(27)24-28-21-18-22-29(3,4)5/h25,27H,6-24H2,1-5H3. The van der Waals surface area contributed by atoms with Crippen LogP contribution in [0.1, 0.15) is 97.3 Å². The van der Waals surface area contributed by atoms with Crippen LogP contribution in [-0.4, -0.2) is 57.0 Å². The van der Waals surface area contributed by atoms with Crippen molar-refractivity contribution in [3.63, 3.8) is 0 Å². The Morgan fingerprint density at radius 3 is 1.69 bits per heavy atom. The molecule has 0 saturated carbocycles. The van der Waals surface area contributed by atoms with Gasteiger partial charge in [0.25, 0.3) is 0 Å². The normalized spacial score (nSPS) is 13.3. The number of unbranched alkanes of at least 4 members (excludes halogenated alkanes) is 10. The SMILES string of the molecule is CCCCCCCCN(CCCCCCCC)CC(O)COCCC[Si](C)(C)C. The second-order valence-electron chi connectivity index (χ2n) is 10.2. The lowest BCUT2D eigenvalue weighted by molar-refractivity contribution is 0.0162. The Balaban J connectivity index is 4.05. The van der Waals surface area contributed by atoms with Crippen LogP contribution in [0.5, 0.6) is 0 Å². The highest BCUT2D eigenvalue weighted by Crippen LogP contribution is 2.12. The molecular weight excluding hydrogens is 374 g/mol. The van der Waals surface area contributed by atoms with E-state index < -0.39 is 8.07 Å². The Hall–Kier alpha value is 0.0969. The summed E-state index contributed by atoms with van der Waals surface area (Å²) in [6.45, 7) is 16.1. The monoisotopic (exact) mass is 429 g/mol. The van der Waals surface area contributed by atoms with Crippen LogP contribution in [0.25, 0.3) is 0 Å². The molecule has 0 aromatic rings. The third-order valence-electron chi connectivity index (χ3n) is 5.65. The summed E-state index contributed by atoms with van der Waals surface area (Å²) in [5.41, 5.74) is 0. The number of nitrogens with zero attached hydrogens (tertiary/aromatic N) is 1. The van der Waals surface area contributed by atoms with Crippen molar-refractivity contribution < 1.29 is 9.84 Å². The molecule has 0 heterocycles. The lowest BCUT2D eigenvalue weighted by Gasteiger charge is -2.25. The molecule has 0 saturated heterocycles. The number of aliphatic hydroxyl groups is 1. The maximum Gasteiger partial charge on any atom is 0.0900 e. The van der Waals surface area contributed by atoms with Crippen LogP contribution >= 0.6 is 0 Å². The molecule has 0 bridgehead atoms. The molecule has 1 atom stereocenters. The van der Waals surface area contributed by atoms with Gasteiger partial charge in [0.15, 0.2) is 0 Å². The van der Waals surface area contributed by atoms with E-state index in [1.54, 1.807) is 0 Å². The highest BCUT2D eigenvalue weighted by atomic mass is 28.3. The summed E-state index contributed by atoms with van der Waals surface area (Å²) in [6, 6.07) is 1.31. The van der Waals surface area contributed by atoms with Crippen molar-refractivity contribution >= 4 is 8.07 Å². The summed E-state index contributed by atoms with van der Waals surface area (Å²) in [7, 11) is -0.966. The third-order valence-corrected chi connectivity index (χ3v) is 7.50.